The Bertz CT molecular complexity index is 416. The fourth-order valence-corrected chi connectivity index (χ4v) is 2.05. The summed E-state index contributed by atoms with van der Waals surface area (Å²) in [4.78, 5) is 4.42. The van der Waals surface area contributed by atoms with Gasteiger partial charge < -0.3 is 10.3 Å². The molecular weight excluding hydrogens is 194 g/mol. The van der Waals surface area contributed by atoms with Gasteiger partial charge >= 0.3 is 0 Å². The summed E-state index contributed by atoms with van der Waals surface area (Å²) in [6.45, 7) is 3.42. The molecule has 0 aliphatic carbocycles. The number of hydrogen-bond acceptors (Lipinski definition) is 3. The van der Waals surface area contributed by atoms with Crippen molar-refractivity contribution in [3.8, 4) is 0 Å². The van der Waals surface area contributed by atoms with E-state index in [2.05, 4.69) is 14.9 Å². The molecular formula is C10H13N3S. The predicted molar refractivity (Wildman–Crippen MR) is 58.3 cm³/mol. The molecule has 0 aromatic carbocycles. The van der Waals surface area contributed by atoms with Gasteiger partial charge in [-0.1, -0.05) is 0 Å². The summed E-state index contributed by atoms with van der Waals surface area (Å²) in [5, 5.41) is 3.21. The van der Waals surface area contributed by atoms with E-state index in [4.69, 9.17) is 5.73 Å². The predicted octanol–water partition coefficient (Wildman–Crippen LogP) is 1.76. The summed E-state index contributed by atoms with van der Waals surface area (Å²) < 4.78 is 2.13. The lowest BCUT2D eigenvalue weighted by Gasteiger charge is -2.04. The molecule has 0 fully saturated rings. The highest BCUT2D eigenvalue weighted by molar-refractivity contribution is 7.09. The molecule has 2 heterocycles. The zero-order valence-corrected chi connectivity index (χ0v) is 8.92. The molecule has 0 aliphatic heterocycles. The highest BCUT2D eigenvalue weighted by Crippen LogP contribution is 2.11. The summed E-state index contributed by atoms with van der Waals surface area (Å²) in [5.74, 6) is 0. The van der Waals surface area contributed by atoms with E-state index in [-0.39, 0.29) is 0 Å². The van der Waals surface area contributed by atoms with Crippen LogP contribution >= 0.6 is 11.3 Å². The minimum Gasteiger partial charge on any atom is -0.344 e. The van der Waals surface area contributed by atoms with Crippen LogP contribution in [0.15, 0.2) is 23.7 Å². The molecule has 0 unspecified atom stereocenters. The number of thiazole rings is 1. The van der Waals surface area contributed by atoms with Crippen molar-refractivity contribution in [2.75, 3.05) is 0 Å². The Labute approximate surface area is 87.2 Å². The molecule has 2 aromatic rings. The molecule has 2 aromatic heterocycles. The van der Waals surface area contributed by atoms with E-state index in [1.165, 1.54) is 0 Å². The molecule has 0 atom stereocenters. The van der Waals surface area contributed by atoms with E-state index in [9.17, 15) is 0 Å². The molecule has 0 radical (unpaired) electrons. The van der Waals surface area contributed by atoms with E-state index in [1.807, 2.05) is 25.3 Å². The van der Waals surface area contributed by atoms with Gasteiger partial charge in [-0.25, -0.2) is 4.98 Å². The Balaban J connectivity index is 2.18. The van der Waals surface area contributed by atoms with Gasteiger partial charge in [-0.3, -0.25) is 0 Å². The number of rotatable bonds is 3. The normalized spacial score (nSPS) is 10.7. The number of aromatic nitrogens is 2. The number of nitrogens with zero attached hydrogens (tertiary/aromatic N) is 2. The van der Waals surface area contributed by atoms with Crippen LogP contribution in [0.25, 0.3) is 0 Å². The number of nitrogens with two attached hydrogens (primary N) is 1. The van der Waals surface area contributed by atoms with Gasteiger partial charge in [0.05, 0.1) is 17.2 Å². The maximum absolute atomic E-state index is 5.62. The van der Waals surface area contributed by atoms with Gasteiger partial charge in [-0.05, 0) is 19.1 Å². The molecule has 0 aliphatic rings. The van der Waals surface area contributed by atoms with Gasteiger partial charge in [0.25, 0.3) is 0 Å². The Hall–Kier alpha value is -1.13. The lowest BCUT2D eigenvalue weighted by atomic mass is 10.4. The van der Waals surface area contributed by atoms with E-state index < -0.39 is 0 Å². The van der Waals surface area contributed by atoms with Gasteiger partial charge in [-0.2, -0.15) is 0 Å². The average Bonchev–Trinajstić information content (AvgIpc) is 2.76. The molecule has 0 saturated carbocycles. The summed E-state index contributed by atoms with van der Waals surface area (Å²) in [5.41, 5.74) is 7.87. The van der Waals surface area contributed by atoms with Crippen molar-refractivity contribution in [3.63, 3.8) is 0 Å². The second kappa shape index (κ2) is 3.94. The summed E-state index contributed by atoms with van der Waals surface area (Å²) in [6.07, 6.45) is 2.04. The largest absolute Gasteiger partial charge is 0.344 e. The molecule has 2 N–H and O–H groups in total. The molecule has 3 nitrogen and oxygen atoms in total. The second-order valence-electron chi connectivity index (χ2n) is 3.19. The lowest BCUT2D eigenvalue weighted by molar-refractivity contribution is 0.729. The van der Waals surface area contributed by atoms with Crippen molar-refractivity contribution >= 4 is 11.3 Å². The smallest absolute Gasteiger partial charge is 0.0898 e. The van der Waals surface area contributed by atoms with Crippen LogP contribution in [0.2, 0.25) is 0 Å². The zero-order valence-electron chi connectivity index (χ0n) is 8.10. The van der Waals surface area contributed by atoms with E-state index >= 15 is 0 Å². The lowest BCUT2D eigenvalue weighted by Crippen LogP contribution is -2.07. The van der Waals surface area contributed by atoms with Crippen LogP contribution in [0.4, 0.5) is 0 Å². The topological polar surface area (TPSA) is 43.8 Å². The number of hydrogen-bond donors (Lipinski definition) is 1. The van der Waals surface area contributed by atoms with Crippen LogP contribution in [0.3, 0.4) is 0 Å². The van der Waals surface area contributed by atoms with Crippen molar-refractivity contribution in [2.45, 2.75) is 20.0 Å². The van der Waals surface area contributed by atoms with Crippen molar-refractivity contribution in [3.05, 3.63) is 40.1 Å². The van der Waals surface area contributed by atoms with Crippen LogP contribution in [0.1, 0.15) is 16.4 Å². The third-order valence-corrected chi connectivity index (χ3v) is 2.95. The monoisotopic (exact) mass is 207 g/mol. The molecule has 2 rings (SSSR count). The van der Waals surface area contributed by atoms with Gasteiger partial charge in [0.2, 0.25) is 0 Å². The van der Waals surface area contributed by atoms with E-state index in [1.54, 1.807) is 11.3 Å². The fraction of sp³-hybridized carbons (Fsp3) is 0.300. The first-order chi connectivity index (χ1) is 6.79. The minimum absolute atomic E-state index is 0.579. The van der Waals surface area contributed by atoms with E-state index in [0.29, 0.717) is 6.54 Å². The molecule has 0 saturated heterocycles. The summed E-state index contributed by atoms with van der Waals surface area (Å²) in [6, 6.07) is 4.06. The molecule has 14 heavy (non-hydrogen) atoms. The van der Waals surface area contributed by atoms with E-state index in [0.717, 1.165) is 22.9 Å². The Morgan fingerprint density at radius 2 is 2.43 bits per heavy atom. The first kappa shape index (κ1) is 9.43. The first-order valence-electron chi connectivity index (χ1n) is 4.54. The first-order valence-corrected chi connectivity index (χ1v) is 5.42. The quantitative estimate of drug-likeness (QED) is 0.833. The van der Waals surface area contributed by atoms with Crippen LogP contribution in [-0.4, -0.2) is 9.55 Å². The van der Waals surface area contributed by atoms with Gasteiger partial charge in [-0.15, -0.1) is 11.3 Å². The molecule has 0 bridgehead atoms. The van der Waals surface area contributed by atoms with Crippen molar-refractivity contribution in [1.29, 1.82) is 0 Å². The average molecular weight is 207 g/mol. The van der Waals surface area contributed by atoms with Crippen LogP contribution in [0.5, 0.6) is 0 Å². The third kappa shape index (κ3) is 1.86. The molecule has 0 spiro atoms. The van der Waals surface area contributed by atoms with Crippen LogP contribution in [-0.2, 0) is 13.1 Å². The van der Waals surface area contributed by atoms with Crippen LogP contribution in [0, 0.1) is 6.92 Å². The Kier molecular flexibility index (Phi) is 2.65. The molecule has 74 valence electrons. The maximum atomic E-state index is 5.62. The van der Waals surface area contributed by atoms with Crippen LogP contribution < -0.4 is 5.73 Å². The highest BCUT2D eigenvalue weighted by Gasteiger charge is 2.02. The molecule has 4 heteroatoms. The van der Waals surface area contributed by atoms with Gasteiger partial charge in [0.15, 0.2) is 0 Å². The summed E-state index contributed by atoms with van der Waals surface area (Å²) in [7, 11) is 0. The third-order valence-electron chi connectivity index (χ3n) is 2.13. The van der Waals surface area contributed by atoms with Crippen molar-refractivity contribution in [1.82, 2.24) is 9.55 Å². The Morgan fingerprint density at radius 1 is 1.57 bits per heavy atom. The zero-order chi connectivity index (χ0) is 9.97. The highest BCUT2D eigenvalue weighted by atomic mass is 32.1. The van der Waals surface area contributed by atoms with Gasteiger partial charge in [0, 0.05) is 23.8 Å². The maximum Gasteiger partial charge on any atom is 0.0898 e. The second-order valence-corrected chi connectivity index (χ2v) is 4.25. The summed E-state index contributed by atoms with van der Waals surface area (Å²) >= 11 is 1.68. The standard InChI is InChI=1S/C10H13N3S/c1-8-12-9(7-14-8)6-13-4-2-3-10(13)5-11/h2-4,7H,5-6,11H2,1H3. The minimum atomic E-state index is 0.579. The fourth-order valence-electron chi connectivity index (χ4n) is 1.44. The van der Waals surface area contributed by atoms with Gasteiger partial charge in [0.1, 0.15) is 0 Å². The van der Waals surface area contributed by atoms with Crippen molar-refractivity contribution in [2.24, 2.45) is 5.73 Å². The Morgan fingerprint density at radius 3 is 3.07 bits per heavy atom. The van der Waals surface area contributed by atoms with Crippen molar-refractivity contribution < 1.29 is 0 Å². The SMILES string of the molecule is Cc1nc(Cn2cccc2CN)cs1. The number of aryl methyl sites for hydroxylation is 1. The molecule has 0 amide bonds.